The van der Waals surface area contributed by atoms with Crippen molar-refractivity contribution in [3.63, 3.8) is 0 Å². The van der Waals surface area contributed by atoms with Crippen LogP contribution in [0, 0.1) is 0 Å². The first-order valence-corrected chi connectivity index (χ1v) is 5.12. The molecule has 5 nitrogen and oxygen atoms in total. The van der Waals surface area contributed by atoms with Crippen LogP contribution in [0.15, 0.2) is 0 Å². The van der Waals surface area contributed by atoms with Crippen LogP contribution in [-0.2, 0) is 17.9 Å². The first kappa shape index (κ1) is 13.9. The lowest BCUT2D eigenvalue weighted by Gasteiger charge is -2.13. The van der Waals surface area contributed by atoms with E-state index < -0.39 is 12.8 Å². The van der Waals surface area contributed by atoms with Gasteiger partial charge in [0.25, 0.3) is 0 Å². The van der Waals surface area contributed by atoms with Gasteiger partial charge in [0.2, 0.25) is 0 Å². The molecule has 0 fully saturated rings. The summed E-state index contributed by atoms with van der Waals surface area (Å²) in [7, 11) is 0. The van der Waals surface area contributed by atoms with Crippen LogP contribution in [0.1, 0.15) is 31.5 Å². The summed E-state index contributed by atoms with van der Waals surface area (Å²) in [6.07, 6.45) is -4.33. The third kappa shape index (κ3) is 3.97. The highest BCUT2D eigenvalue weighted by Gasteiger charge is 2.28. The number of rotatable bonds is 5. The summed E-state index contributed by atoms with van der Waals surface area (Å²) in [6, 6.07) is 0.0213. The van der Waals surface area contributed by atoms with Crippen LogP contribution in [0.4, 0.5) is 13.2 Å². The lowest BCUT2D eigenvalue weighted by molar-refractivity contribution is -0.177. The number of nitrogens with zero attached hydrogens (tertiary/aromatic N) is 3. The van der Waals surface area contributed by atoms with Gasteiger partial charge in [-0.3, -0.25) is 0 Å². The zero-order chi connectivity index (χ0) is 13.1. The summed E-state index contributed by atoms with van der Waals surface area (Å²) in [5, 5.41) is 7.57. The lowest BCUT2D eigenvalue weighted by Crippen LogP contribution is -2.19. The molecule has 0 spiro atoms. The van der Waals surface area contributed by atoms with Crippen molar-refractivity contribution < 1.29 is 17.9 Å². The zero-order valence-corrected chi connectivity index (χ0v) is 9.66. The van der Waals surface area contributed by atoms with Gasteiger partial charge in [-0.2, -0.15) is 13.2 Å². The van der Waals surface area contributed by atoms with Gasteiger partial charge in [0.15, 0.2) is 5.82 Å². The van der Waals surface area contributed by atoms with Gasteiger partial charge in [-0.25, -0.2) is 0 Å². The van der Waals surface area contributed by atoms with Crippen LogP contribution in [0.5, 0.6) is 0 Å². The van der Waals surface area contributed by atoms with E-state index in [-0.39, 0.29) is 19.2 Å². The van der Waals surface area contributed by atoms with E-state index in [2.05, 4.69) is 14.9 Å². The molecule has 0 saturated heterocycles. The molecule has 0 aliphatic rings. The van der Waals surface area contributed by atoms with Crippen LogP contribution in [-0.4, -0.2) is 27.5 Å². The maximum absolute atomic E-state index is 11.9. The van der Waals surface area contributed by atoms with Gasteiger partial charge in [0.05, 0.1) is 6.54 Å². The molecule has 2 N–H and O–H groups in total. The third-order valence-corrected chi connectivity index (χ3v) is 2.03. The molecule has 0 unspecified atom stereocenters. The van der Waals surface area contributed by atoms with Crippen molar-refractivity contribution in [1.29, 1.82) is 0 Å². The van der Waals surface area contributed by atoms with Gasteiger partial charge in [-0.1, -0.05) is 0 Å². The Hall–Kier alpha value is -1.15. The normalized spacial score (nSPS) is 12.4. The molecular formula is C9H15F3N4O. The predicted octanol–water partition coefficient (Wildman–Crippen LogP) is 1.40. The molecule has 98 valence electrons. The maximum atomic E-state index is 11.9. The Labute approximate surface area is 96.8 Å². The number of aromatic nitrogens is 3. The Morgan fingerprint density at radius 1 is 1.29 bits per heavy atom. The fraction of sp³-hybridized carbons (Fsp3) is 0.778. The molecule has 0 aliphatic carbocycles. The van der Waals surface area contributed by atoms with E-state index in [0.717, 1.165) is 0 Å². The topological polar surface area (TPSA) is 66.0 Å². The van der Waals surface area contributed by atoms with Crippen LogP contribution < -0.4 is 5.73 Å². The SMILES string of the molecule is CC(C)n1c(CN)nnc1COCC(F)(F)F. The van der Waals surface area contributed by atoms with E-state index in [4.69, 9.17) is 5.73 Å². The molecule has 1 aromatic rings. The minimum Gasteiger partial charge on any atom is -0.364 e. The molecule has 0 saturated carbocycles. The minimum atomic E-state index is -4.33. The smallest absolute Gasteiger partial charge is 0.364 e. The molecule has 0 aliphatic heterocycles. The standard InChI is InChI=1S/C9H15F3N4O/c1-6(2)16-7(3-13)14-15-8(16)4-17-5-9(10,11)12/h6H,3-5,13H2,1-2H3. The van der Waals surface area contributed by atoms with Gasteiger partial charge in [0, 0.05) is 6.04 Å². The Balaban J connectivity index is 2.68. The van der Waals surface area contributed by atoms with E-state index in [9.17, 15) is 13.2 Å². The van der Waals surface area contributed by atoms with Crippen molar-refractivity contribution in [2.45, 2.75) is 39.2 Å². The average Bonchev–Trinajstić information content (AvgIpc) is 2.58. The molecule has 0 bridgehead atoms. The molecule has 1 rings (SSSR count). The van der Waals surface area contributed by atoms with Gasteiger partial charge < -0.3 is 15.0 Å². The highest BCUT2D eigenvalue weighted by Crippen LogP contribution is 2.16. The molecule has 0 amide bonds. The summed E-state index contributed by atoms with van der Waals surface area (Å²) in [4.78, 5) is 0. The molecule has 17 heavy (non-hydrogen) atoms. The number of alkyl halides is 3. The second kappa shape index (κ2) is 5.46. The largest absolute Gasteiger partial charge is 0.411 e. The second-order valence-electron chi connectivity index (χ2n) is 3.81. The number of nitrogens with two attached hydrogens (primary N) is 1. The third-order valence-electron chi connectivity index (χ3n) is 2.03. The zero-order valence-electron chi connectivity index (χ0n) is 9.66. The summed E-state index contributed by atoms with van der Waals surface area (Å²) < 4.78 is 41.9. The molecule has 1 aromatic heterocycles. The van der Waals surface area contributed by atoms with E-state index >= 15 is 0 Å². The molecule has 8 heteroatoms. The fourth-order valence-corrected chi connectivity index (χ4v) is 1.45. The van der Waals surface area contributed by atoms with Crippen molar-refractivity contribution in [3.05, 3.63) is 11.6 Å². The quantitative estimate of drug-likeness (QED) is 0.860. The van der Waals surface area contributed by atoms with Crippen molar-refractivity contribution in [3.8, 4) is 0 Å². The van der Waals surface area contributed by atoms with Gasteiger partial charge in [-0.15, -0.1) is 10.2 Å². The fourth-order valence-electron chi connectivity index (χ4n) is 1.45. The second-order valence-corrected chi connectivity index (χ2v) is 3.81. The first-order chi connectivity index (χ1) is 7.85. The van der Waals surface area contributed by atoms with Crippen molar-refractivity contribution in [2.24, 2.45) is 5.73 Å². The van der Waals surface area contributed by atoms with E-state index in [1.165, 1.54) is 0 Å². The number of hydrogen-bond acceptors (Lipinski definition) is 4. The van der Waals surface area contributed by atoms with Gasteiger partial charge >= 0.3 is 6.18 Å². The van der Waals surface area contributed by atoms with E-state index in [0.29, 0.717) is 11.6 Å². The summed E-state index contributed by atoms with van der Waals surface area (Å²) in [5.74, 6) is 0.885. The van der Waals surface area contributed by atoms with Crippen molar-refractivity contribution in [2.75, 3.05) is 6.61 Å². The van der Waals surface area contributed by atoms with Crippen LogP contribution >= 0.6 is 0 Å². The number of hydrogen-bond donors (Lipinski definition) is 1. The lowest BCUT2D eigenvalue weighted by atomic mass is 10.3. The molecule has 0 radical (unpaired) electrons. The Bertz CT molecular complexity index is 362. The van der Waals surface area contributed by atoms with Crippen molar-refractivity contribution in [1.82, 2.24) is 14.8 Å². The number of halogens is 3. The average molecular weight is 252 g/mol. The van der Waals surface area contributed by atoms with Crippen LogP contribution in [0.3, 0.4) is 0 Å². The number of ether oxygens (including phenoxy) is 1. The Kier molecular flexibility index (Phi) is 4.47. The van der Waals surface area contributed by atoms with E-state index in [1.807, 2.05) is 13.8 Å². The summed E-state index contributed by atoms with van der Waals surface area (Å²) in [5.41, 5.74) is 5.46. The summed E-state index contributed by atoms with van der Waals surface area (Å²) >= 11 is 0. The Morgan fingerprint density at radius 2 is 1.88 bits per heavy atom. The van der Waals surface area contributed by atoms with Crippen molar-refractivity contribution >= 4 is 0 Å². The molecule has 0 aromatic carbocycles. The highest BCUT2D eigenvalue weighted by molar-refractivity contribution is 4.96. The van der Waals surface area contributed by atoms with Crippen LogP contribution in [0.25, 0.3) is 0 Å². The Morgan fingerprint density at radius 3 is 2.35 bits per heavy atom. The van der Waals surface area contributed by atoms with Gasteiger partial charge in [-0.05, 0) is 13.8 Å². The highest BCUT2D eigenvalue weighted by atomic mass is 19.4. The first-order valence-electron chi connectivity index (χ1n) is 5.12. The maximum Gasteiger partial charge on any atom is 0.411 e. The molecule has 1 heterocycles. The van der Waals surface area contributed by atoms with Crippen LogP contribution in [0.2, 0.25) is 0 Å². The van der Waals surface area contributed by atoms with E-state index in [1.54, 1.807) is 4.57 Å². The molecule has 0 atom stereocenters. The minimum absolute atomic E-state index is 0.0213. The molecular weight excluding hydrogens is 237 g/mol. The van der Waals surface area contributed by atoms with Gasteiger partial charge in [0.1, 0.15) is 19.0 Å². The predicted molar refractivity (Wildman–Crippen MR) is 54.0 cm³/mol. The summed E-state index contributed by atoms with van der Waals surface area (Å²) in [6.45, 7) is 2.40. The monoisotopic (exact) mass is 252 g/mol.